The van der Waals surface area contributed by atoms with Crippen molar-refractivity contribution in [3.8, 4) is 11.5 Å². The van der Waals surface area contributed by atoms with E-state index < -0.39 is 53.2 Å². The molecule has 3 N–H and O–H groups in total. The number of ether oxygens (including phenoxy) is 4. The number of aromatic nitrogens is 1. The lowest BCUT2D eigenvalue weighted by Crippen LogP contribution is -2.71. The zero-order chi connectivity index (χ0) is 41.3. The van der Waals surface area contributed by atoms with Gasteiger partial charge in [-0.3, -0.25) is 24.1 Å². The van der Waals surface area contributed by atoms with Gasteiger partial charge >= 0.3 is 23.9 Å². The highest BCUT2D eigenvalue weighted by Gasteiger charge is 2.54. The number of rotatable bonds is 14. The fourth-order valence-corrected chi connectivity index (χ4v) is 7.78. The Balaban J connectivity index is 1.25. The van der Waals surface area contributed by atoms with Gasteiger partial charge in [-0.1, -0.05) is 71.9 Å². The van der Waals surface area contributed by atoms with Crippen molar-refractivity contribution in [3.63, 3.8) is 0 Å². The van der Waals surface area contributed by atoms with Crippen LogP contribution in [0.4, 0.5) is 5.13 Å². The second-order valence-electron chi connectivity index (χ2n) is 12.4. The van der Waals surface area contributed by atoms with Gasteiger partial charge in [-0.05, 0) is 41.0 Å². The standard InChI is InChI=1S/C40H35N5O11S2/c1-22(46)54-29-17-16-26(19-30(29)55-23(2)47)38(50)53-18-10-15-27-20-57-37-32(43-35(48)31(44-52-3)28-21-58-40(41)42-28)36(49)45(37)33(27)39(51)56-34(24-11-6-4-7-12-24)25-13-8-5-9-14-25/h4-17,19,21,32,34,37H,18,20H2,1-3H3,(H2,41,42)(H,43,48)/b15-10+,44-31-/t32?,37-/m1/s1. The average molecular weight is 826 g/mol. The summed E-state index contributed by atoms with van der Waals surface area (Å²) in [6.07, 6.45) is 2.21. The number of thioether (sulfide) groups is 1. The molecule has 16 nitrogen and oxygen atoms in total. The Bertz CT molecular complexity index is 2290. The molecule has 1 fully saturated rings. The Hall–Kier alpha value is -6.79. The van der Waals surface area contributed by atoms with E-state index in [-0.39, 0.29) is 51.7 Å². The van der Waals surface area contributed by atoms with Crippen LogP contribution in [0.1, 0.15) is 47.1 Å². The minimum Gasteiger partial charge on any atom is -0.458 e. The van der Waals surface area contributed by atoms with Gasteiger partial charge in [0.1, 0.15) is 36.5 Å². The lowest BCUT2D eigenvalue weighted by molar-refractivity contribution is -0.154. The number of nitrogen functional groups attached to an aromatic ring is 1. The number of nitrogens with zero attached hydrogens (tertiary/aromatic N) is 3. The summed E-state index contributed by atoms with van der Waals surface area (Å²) in [5.74, 6) is -4.28. The van der Waals surface area contributed by atoms with Crippen molar-refractivity contribution in [2.75, 3.05) is 25.2 Å². The quantitative estimate of drug-likeness (QED) is 0.0596. The van der Waals surface area contributed by atoms with Crippen molar-refractivity contribution >= 4 is 69.6 Å². The maximum absolute atomic E-state index is 14.3. The van der Waals surface area contributed by atoms with Crippen LogP contribution in [-0.2, 0) is 38.3 Å². The first-order valence-corrected chi connectivity index (χ1v) is 19.3. The highest BCUT2D eigenvalue weighted by molar-refractivity contribution is 8.00. The summed E-state index contributed by atoms with van der Waals surface area (Å²) >= 11 is 2.39. The third-order valence-corrected chi connectivity index (χ3v) is 10.4. The summed E-state index contributed by atoms with van der Waals surface area (Å²) in [4.78, 5) is 87.9. The van der Waals surface area contributed by atoms with E-state index in [1.807, 2.05) is 60.7 Å². The first kappa shape index (κ1) is 40.9. The lowest BCUT2D eigenvalue weighted by Gasteiger charge is -2.49. The number of benzene rings is 3. The number of β-lactam (4-membered cyclic amide) rings is 1. The summed E-state index contributed by atoms with van der Waals surface area (Å²) in [5, 5.41) is 7.52. The van der Waals surface area contributed by atoms with E-state index in [0.717, 1.165) is 18.3 Å². The second-order valence-corrected chi connectivity index (χ2v) is 14.4. The normalized spacial score (nSPS) is 16.3. The number of amides is 2. The third kappa shape index (κ3) is 9.42. The Morgan fingerprint density at radius 1 is 0.948 bits per heavy atom. The molecule has 1 saturated heterocycles. The summed E-state index contributed by atoms with van der Waals surface area (Å²) in [6.45, 7) is 2.06. The van der Waals surface area contributed by atoms with Gasteiger partial charge in [0.15, 0.2) is 28.4 Å². The molecule has 2 atom stereocenters. The molecule has 0 aliphatic carbocycles. The van der Waals surface area contributed by atoms with Gasteiger partial charge in [-0.2, -0.15) is 0 Å². The number of oxime groups is 1. The number of carbonyl (C=O) groups excluding carboxylic acids is 6. The molecule has 298 valence electrons. The molecule has 2 amide bonds. The molecule has 0 bridgehead atoms. The molecule has 0 radical (unpaired) electrons. The monoisotopic (exact) mass is 825 g/mol. The number of esters is 4. The zero-order valence-corrected chi connectivity index (χ0v) is 32.7. The molecule has 3 aromatic carbocycles. The lowest BCUT2D eigenvalue weighted by atomic mass is 10.0. The molecule has 0 spiro atoms. The third-order valence-electron chi connectivity index (χ3n) is 8.39. The molecule has 4 aromatic rings. The molecular formula is C40H35N5O11S2. The maximum atomic E-state index is 14.3. The summed E-state index contributed by atoms with van der Waals surface area (Å²) in [6, 6.07) is 21.0. The average Bonchev–Trinajstić information content (AvgIpc) is 3.65. The summed E-state index contributed by atoms with van der Waals surface area (Å²) in [5.41, 5.74) is 7.46. The number of nitrogens with two attached hydrogens (primary N) is 1. The SMILES string of the molecule is CO/N=C(\C(=O)NC1C(=O)N2C(C(=O)OC(c3ccccc3)c3ccccc3)=C(/C=C/COC(=O)c3ccc(OC(C)=O)c(OC(C)=O)c3)CS[C@H]12)c1csc(N)n1. The molecule has 1 unspecified atom stereocenters. The van der Waals surface area contributed by atoms with Crippen molar-refractivity contribution in [2.24, 2.45) is 5.16 Å². The number of allylic oxidation sites excluding steroid dienone is 1. The van der Waals surface area contributed by atoms with Crippen LogP contribution in [0.5, 0.6) is 11.5 Å². The fraction of sp³-hybridized carbons (Fsp3) is 0.200. The Morgan fingerprint density at radius 3 is 2.21 bits per heavy atom. The fourth-order valence-electron chi connectivity index (χ4n) is 5.92. The van der Waals surface area contributed by atoms with E-state index in [1.165, 1.54) is 60.4 Å². The van der Waals surface area contributed by atoms with Crippen molar-refractivity contribution in [1.82, 2.24) is 15.2 Å². The number of hydrogen-bond donors (Lipinski definition) is 2. The molecular weight excluding hydrogens is 791 g/mol. The van der Waals surface area contributed by atoms with E-state index in [1.54, 1.807) is 6.08 Å². The molecule has 18 heteroatoms. The van der Waals surface area contributed by atoms with Crippen LogP contribution < -0.4 is 20.5 Å². The van der Waals surface area contributed by atoms with E-state index in [4.69, 9.17) is 29.5 Å². The molecule has 3 heterocycles. The molecule has 1 aromatic heterocycles. The van der Waals surface area contributed by atoms with Gasteiger partial charge in [-0.15, -0.1) is 23.1 Å². The molecule has 2 aliphatic heterocycles. The number of hydrogen-bond acceptors (Lipinski definition) is 16. The van der Waals surface area contributed by atoms with Gasteiger partial charge in [0.05, 0.1) is 5.56 Å². The highest BCUT2D eigenvalue weighted by Crippen LogP contribution is 2.42. The maximum Gasteiger partial charge on any atom is 0.356 e. The number of anilines is 1. The minimum atomic E-state index is -1.05. The van der Waals surface area contributed by atoms with E-state index in [0.29, 0.717) is 16.7 Å². The van der Waals surface area contributed by atoms with Gasteiger partial charge in [0, 0.05) is 25.0 Å². The van der Waals surface area contributed by atoms with Crippen molar-refractivity contribution < 1.29 is 52.6 Å². The Morgan fingerprint density at radius 2 is 1.60 bits per heavy atom. The Kier molecular flexibility index (Phi) is 13.0. The first-order valence-electron chi connectivity index (χ1n) is 17.4. The van der Waals surface area contributed by atoms with Crippen LogP contribution in [0.25, 0.3) is 0 Å². The first-order chi connectivity index (χ1) is 27.9. The van der Waals surface area contributed by atoms with Crippen LogP contribution in [-0.4, -0.2) is 82.2 Å². The highest BCUT2D eigenvalue weighted by atomic mass is 32.2. The summed E-state index contributed by atoms with van der Waals surface area (Å²) < 4.78 is 21.8. The number of thiazole rings is 1. The molecule has 58 heavy (non-hydrogen) atoms. The summed E-state index contributed by atoms with van der Waals surface area (Å²) in [7, 11) is 1.26. The van der Waals surface area contributed by atoms with Crippen molar-refractivity contribution in [2.45, 2.75) is 31.4 Å². The van der Waals surface area contributed by atoms with Crippen molar-refractivity contribution in [3.05, 3.63) is 130 Å². The van der Waals surface area contributed by atoms with Gasteiger partial charge < -0.3 is 34.8 Å². The van der Waals surface area contributed by atoms with Gasteiger partial charge in [-0.25, -0.2) is 14.6 Å². The number of fused-ring (bicyclic) bond motifs is 1. The second kappa shape index (κ2) is 18.4. The van der Waals surface area contributed by atoms with E-state index >= 15 is 0 Å². The van der Waals surface area contributed by atoms with Crippen LogP contribution in [0.3, 0.4) is 0 Å². The van der Waals surface area contributed by atoms with E-state index in [2.05, 4.69) is 15.5 Å². The van der Waals surface area contributed by atoms with Gasteiger partial charge in [0.25, 0.3) is 11.8 Å². The molecule has 0 saturated carbocycles. The molecule has 2 aliphatic rings. The van der Waals surface area contributed by atoms with Crippen molar-refractivity contribution in [1.29, 1.82) is 0 Å². The Labute approximate surface area is 339 Å². The topological polar surface area (TPSA) is 215 Å². The van der Waals surface area contributed by atoms with E-state index in [9.17, 15) is 28.8 Å². The smallest absolute Gasteiger partial charge is 0.356 e. The predicted molar refractivity (Wildman–Crippen MR) is 211 cm³/mol. The number of carbonyl (C=O) groups is 6. The number of nitrogens with one attached hydrogen (secondary N) is 1. The minimum absolute atomic E-state index is 0.00387. The zero-order valence-electron chi connectivity index (χ0n) is 31.1. The van der Waals surface area contributed by atoms with Crippen LogP contribution >= 0.6 is 23.1 Å². The van der Waals surface area contributed by atoms with Crippen LogP contribution in [0.15, 0.2) is 113 Å². The van der Waals surface area contributed by atoms with Gasteiger partial charge in [0.2, 0.25) is 0 Å². The van der Waals surface area contributed by atoms with Crippen LogP contribution in [0, 0.1) is 0 Å². The molecule has 6 rings (SSSR count). The predicted octanol–water partition coefficient (Wildman–Crippen LogP) is 4.33. The van der Waals surface area contributed by atoms with Crippen LogP contribution in [0.2, 0.25) is 0 Å². The largest absolute Gasteiger partial charge is 0.458 e.